The molecule has 2 heterocycles. The van der Waals surface area contributed by atoms with Gasteiger partial charge in [0.1, 0.15) is 5.41 Å². The third kappa shape index (κ3) is 4.66. The Morgan fingerprint density at radius 2 is 2.00 bits per heavy atom. The van der Waals surface area contributed by atoms with Crippen LogP contribution in [0.3, 0.4) is 0 Å². The fourth-order valence-electron chi connectivity index (χ4n) is 5.10. The summed E-state index contributed by atoms with van der Waals surface area (Å²) >= 11 is 6.19. The van der Waals surface area contributed by atoms with Gasteiger partial charge in [-0.3, -0.25) is 4.79 Å². The molecule has 4 rings (SSSR count). The van der Waals surface area contributed by atoms with Crippen LogP contribution in [0.1, 0.15) is 37.8 Å². The largest absolute Gasteiger partial charge is 0.344 e. The van der Waals surface area contributed by atoms with Gasteiger partial charge in [0.2, 0.25) is 5.91 Å². The van der Waals surface area contributed by atoms with Crippen LogP contribution < -0.4 is 15.1 Å². The van der Waals surface area contributed by atoms with E-state index >= 15 is 0 Å². The maximum atomic E-state index is 13.9. The highest BCUT2D eigenvalue weighted by molar-refractivity contribution is 6.30. The fraction of sp³-hybridized carbons (Fsp3) is 0.393. The number of unbranched alkanes of at least 4 members (excludes halogenated alkanes) is 1. The van der Waals surface area contributed by atoms with Crippen LogP contribution in [0.5, 0.6) is 0 Å². The van der Waals surface area contributed by atoms with Gasteiger partial charge in [-0.05, 0) is 62.6 Å². The zero-order valence-corrected chi connectivity index (χ0v) is 21.8. The molecule has 3 amide bonds. The molecular weight excluding hydrogens is 474 g/mol. The summed E-state index contributed by atoms with van der Waals surface area (Å²) in [7, 11) is 0. The van der Waals surface area contributed by atoms with Crippen molar-refractivity contribution in [3.63, 3.8) is 0 Å². The Hall–Kier alpha value is -3.50. The highest BCUT2D eigenvalue weighted by Gasteiger charge is 2.59. The molecule has 1 fully saturated rings. The van der Waals surface area contributed by atoms with Crippen molar-refractivity contribution in [2.24, 2.45) is 0 Å². The molecule has 0 aromatic heterocycles. The standard InChI is InChI=1S/C28H32ClN5O2/c1-19(2)31-27(36)32-17-28(18-32)23-9-5-6-10-25(23)34(26(28)35)16-21(4)33(14-8-7-13-30)24-12-11-22(29)15-20(24)3/h5-6,9-12,15,19H,4,7-8,14,16-18H2,1-3H3,(H,31,36). The molecule has 1 N–H and O–H groups in total. The predicted octanol–water partition coefficient (Wildman–Crippen LogP) is 4.99. The number of likely N-dealkylation sites (tertiary alicyclic amines) is 1. The van der Waals surface area contributed by atoms with Crippen LogP contribution in [0, 0.1) is 18.3 Å². The average molecular weight is 506 g/mol. The molecular formula is C28H32ClN5O2. The highest BCUT2D eigenvalue weighted by atomic mass is 35.5. The number of carbonyl (C=O) groups is 2. The molecule has 2 aromatic carbocycles. The van der Waals surface area contributed by atoms with E-state index in [1.165, 1.54) is 0 Å². The van der Waals surface area contributed by atoms with Crippen LogP contribution in [0.15, 0.2) is 54.7 Å². The van der Waals surface area contributed by atoms with E-state index in [0.717, 1.165) is 28.2 Å². The fourth-order valence-corrected chi connectivity index (χ4v) is 5.33. The molecule has 0 aliphatic carbocycles. The van der Waals surface area contributed by atoms with Gasteiger partial charge in [-0.15, -0.1) is 0 Å². The molecule has 2 aliphatic rings. The van der Waals surface area contributed by atoms with Gasteiger partial charge >= 0.3 is 6.03 Å². The van der Waals surface area contributed by atoms with Crippen LogP contribution >= 0.6 is 11.6 Å². The van der Waals surface area contributed by atoms with Gasteiger partial charge < -0.3 is 20.0 Å². The monoisotopic (exact) mass is 505 g/mol. The number of fused-ring (bicyclic) bond motifs is 2. The van der Waals surface area contributed by atoms with Crippen molar-refractivity contribution in [3.8, 4) is 6.07 Å². The minimum atomic E-state index is -0.729. The number of carbonyl (C=O) groups excluding carboxylic acids is 2. The molecule has 0 bridgehead atoms. The Balaban J connectivity index is 1.58. The maximum Gasteiger partial charge on any atom is 0.317 e. The zero-order valence-electron chi connectivity index (χ0n) is 21.1. The summed E-state index contributed by atoms with van der Waals surface area (Å²) < 4.78 is 0. The Morgan fingerprint density at radius 1 is 1.28 bits per heavy atom. The first-order valence-corrected chi connectivity index (χ1v) is 12.6. The first kappa shape index (κ1) is 25.6. The van der Waals surface area contributed by atoms with Gasteiger partial charge in [0.05, 0.1) is 12.6 Å². The first-order chi connectivity index (χ1) is 17.2. The normalized spacial score (nSPS) is 15.5. The highest BCUT2D eigenvalue weighted by Crippen LogP contribution is 2.47. The van der Waals surface area contributed by atoms with Crippen molar-refractivity contribution in [1.82, 2.24) is 10.2 Å². The molecule has 1 saturated heterocycles. The van der Waals surface area contributed by atoms with E-state index < -0.39 is 5.41 Å². The predicted molar refractivity (Wildman–Crippen MR) is 143 cm³/mol. The van der Waals surface area contributed by atoms with Crippen LogP contribution in [0.2, 0.25) is 5.02 Å². The van der Waals surface area contributed by atoms with Crippen LogP contribution in [-0.2, 0) is 10.2 Å². The summed E-state index contributed by atoms with van der Waals surface area (Å²) in [4.78, 5) is 31.9. The van der Waals surface area contributed by atoms with Crippen LogP contribution in [0.4, 0.5) is 16.2 Å². The summed E-state index contributed by atoms with van der Waals surface area (Å²) in [5.41, 5.74) is 3.79. The average Bonchev–Trinajstić information content (AvgIpc) is 3.04. The molecule has 2 aliphatic heterocycles. The van der Waals surface area contributed by atoms with E-state index in [1.54, 1.807) is 9.80 Å². The minimum Gasteiger partial charge on any atom is -0.344 e. The van der Waals surface area contributed by atoms with Crippen molar-refractivity contribution in [1.29, 1.82) is 5.26 Å². The number of halogens is 1. The second-order valence-corrected chi connectivity index (χ2v) is 10.3. The van der Waals surface area contributed by atoms with Crippen molar-refractivity contribution in [2.75, 3.05) is 36.0 Å². The number of nitrogens with one attached hydrogen (secondary N) is 1. The van der Waals surface area contributed by atoms with Crippen LogP contribution in [-0.4, -0.2) is 49.1 Å². The van der Waals surface area contributed by atoms with Gasteiger partial charge in [0.25, 0.3) is 0 Å². The molecule has 36 heavy (non-hydrogen) atoms. The van der Waals surface area contributed by atoms with E-state index in [9.17, 15) is 9.59 Å². The summed E-state index contributed by atoms with van der Waals surface area (Å²) in [5.74, 6) is -0.0109. The quantitative estimate of drug-likeness (QED) is 0.512. The number of hydrogen-bond donors (Lipinski definition) is 1. The number of nitrogens with zero attached hydrogens (tertiary/aromatic N) is 4. The number of amides is 3. The lowest BCUT2D eigenvalue weighted by Gasteiger charge is -2.46. The van der Waals surface area contributed by atoms with Crippen molar-refractivity contribution in [3.05, 3.63) is 70.9 Å². The number of urea groups is 1. The van der Waals surface area contributed by atoms with Gasteiger partial charge in [0.15, 0.2) is 0 Å². The first-order valence-electron chi connectivity index (χ1n) is 12.2. The van der Waals surface area contributed by atoms with E-state index in [1.807, 2.05) is 63.2 Å². The second kappa shape index (κ2) is 10.2. The molecule has 1 spiro atoms. The summed E-state index contributed by atoms with van der Waals surface area (Å²) in [6.07, 6.45) is 1.10. The van der Waals surface area contributed by atoms with Crippen molar-refractivity contribution >= 4 is 34.9 Å². The molecule has 188 valence electrons. The molecule has 0 atom stereocenters. The molecule has 0 unspecified atom stereocenters. The van der Waals surface area contributed by atoms with Gasteiger partial charge in [-0.25, -0.2) is 4.79 Å². The number of aryl methyl sites for hydroxylation is 1. The Morgan fingerprint density at radius 3 is 2.67 bits per heavy atom. The van der Waals surface area contributed by atoms with E-state index in [0.29, 0.717) is 44.0 Å². The number of hydrogen-bond acceptors (Lipinski definition) is 4. The third-order valence-corrected chi connectivity index (χ3v) is 7.06. The minimum absolute atomic E-state index is 0.0109. The van der Waals surface area contributed by atoms with E-state index in [4.69, 9.17) is 16.9 Å². The molecule has 2 aromatic rings. The van der Waals surface area contributed by atoms with Crippen molar-refractivity contribution in [2.45, 2.75) is 45.1 Å². The van der Waals surface area contributed by atoms with Gasteiger partial charge in [-0.1, -0.05) is 36.4 Å². The molecule has 7 nitrogen and oxygen atoms in total. The zero-order chi connectivity index (χ0) is 26.0. The Bertz CT molecular complexity index is 1230. The number of benzene rings is 2. The van der Waals surface area contributed by atoms with Gasteiger partial charge in [-0.2, -0.15) is 5.26 Å². The molecule has 0 saturated carbocycles. The van der Waals surface area contributed by atoms with Gasteiger partial charge in [0, 0.05) is 54.2 Å². The maximum absolute atomic E-state index is 13.9. The topological polar surface area (TPSA) is 79.7 Å². The van der Waals surface area contributed by atoms with Crippen molar-refractivity contribution < 1.29 is 9.59 Å². The lowest BCUT2D eigenvalue weighted by molar-refractivity contribution is -0.127. The lowest BCUT2D eigenvalue weighted by Crippen LogP contribution is -2.67. The van der Waals surface area contributed by atoms with Crippen LogP contribution in [0.25, 0.3) is 0 Å². The Kier molecular flexibility index (Phi) is 7.28. The molecule has 0 radical (unpaired) electrons. The number of nitriles is 1. The van der Waals surface area contributed by atoms with E-state index in [2.05, 4.69) is 22.9 Å². The Labute approximate surface area is 217 Å². The smallest absolute Gasteiger partial charge is 0.317 e. The summed E-state index contributed by atoms with van der Waals surface area (Å²) in [5, 5.41) is 12.6. The number of para-hydroxylation sites is 1. The SMILES string of the molecule is C=C(CN1C(=O)C2(CN(C(=O)NC(C)C)C2)c2ccccc21)N(CCCC#N)c1ccc(Cl)cc1C. The number of anilines is 2. The molecule has 8 heteroatoms. The third-order valence-electron chi connectivity index (χ3n) is 6.83. The summed E-state index contributed by atoms with van der Waals surface area (Å²) in [6.45, 7) is 11.8. The number of rotatable bonds is 8. The summed E-state index contributed by atoms with van der Waals surface area (Å²) in [6, 6.07) is 15.6. The van der Waals surface area contributed by atoms with E-state index in [-0.39, 0.29) is 18.0 Å². The lowest BCUT2D eigenvalue weighted by atomic mass is 9.75. The second-order valence-electron chi connectivity index (χ2n) is 9.86.